The molecule has 2 saturated heterocycles. The van der Waals surface area contributed by atoms with Gasteiger partial charge in [-0.25, -0.2) is 22.2 Å². The fourth-order valence-corrected chi connectivity index (χ4v) is 7.07. The van der Waals surface area contributed by atoms with Gasteiger partial charge in [0.25, 0.3) is 0 Å². The predicted molar refractivity (Wildman–Crippen MR) is 150 cm³/mol. The number of amides is 1. The van der Waals surface area contributed by atoms with Crippen molar-refractivity contribution in [3.05, 3.63) is 95.2 Å². The number of rotatable bonds is 5. The van der Waals surface area contributed by atoms with Crippen LogP contribution < -0.4 is 4.90 Å². The van der Waals surface area contributed by atoms with E-state index in [9.17, 15) is 17.6 Å². The third-order valence-electron chi connectivity index (χ3n) is 7.97. The van der Waals surface area contributed by atoms with Gasteiger partial charge in [-0.1, -0.05) is 36.4 Å². The zero-order valence-corrected chi connectivity index (χ0v) is 23.5. The molecule has 1 aromatic heterocycles. The van der Waals surface area contributed by atoms with Crippen molar-refractivity contribution in [1.82, 2.24) is 14.2 Å². The summed E-state index contributed by atoms with van der Waals surface area (Å²) < 4.78 is 55.9. The van der Waals surface area contributed by atoms with Crippen LogP contribution in [0.25, 0.3) is 0 Å². The van der Waals surface area contributed by atoms with E-state index in [1.54, 1.807) is 17.0 Å². The van der Waals surface area contributed by atoms with E-state index in [-0.39, 0.29) is 43.7 Å². The molecule has 3 atom stereocenters. The third kappa shape index (κ3) is 6.24. The summed E-state index contributed by atoms with van der Waals surface area (Å²) in [6, 6.07) is 17.9. The summed E-state index contributed by atoms with van der Waals surface area (Å²) in [6.45, 7) is 1.28. The van der Waals surface area contributed by atoms with Gasteiger partial charge in [-0.15, -0.1) is 0 Å². The molecular weight excluding hydrogens is 548 g/mol. The maximum absolute atomic E-state index is 15.0. The Morgan fingerprint density at radius 3 is 2.46 bits per heavy atom. The van der Waals surface area contributed by atoms with Crippen LogP contribution in [0.3, 0.4) is 0 Å². The van der Waals surface area contributed by atoms with Crippen molar-refractivity contribution in [3.63, 3.8) is 0 Å². The van der Waals surface area contributed by atoms with E-state index in [1.165, 1.54) is 28.9 Å². The fourth-order valence-electron chi connectivity index (χ4n) is 5.96. The maximum atomic E-state index is 15.0. The molecule has 0 N–H and O–H groups in total. The molecule has 2 fully saturated rings. The molecule has 0 radical (unpaired) electrons. The number of carbonyl (C=O) groups excluding carboxylic acids is 1. The van der Waals surface area contributed by atoms with Crippen molar-refractivity contribution >= 4 is 21.7 Å². The minimum Gasteiger partial charge on any atom is -0.355 e. The van der Waals surface area contributed by atoms with Crippen molar-refractivity contribution in [2.45, 2.75) is 24.8 Å². The van der Waals surface area contributed by atoms with Crippen molar-refractivity contribution < 1.29 is 22.0 Å². The molecule has 2 aromatic carbocycles. The monoisotopic (exact) mass is 579 g/mol. The first-order valence-electron chi connectivity index (χ1n) is 13.5. The second-order valence-electron chi connectivity index (χ2n) is 10.6. The van der Waals surface area contributed by atoms with Gasteiger partial charge in [0.15, 0.2) is 0 Å². The molecule has 41 heavy (non-hydrogen) atoms. The molecule has 1 amide bonds. The number of nitrogens with zero attached hydrogens (tertiary/aromatic N) is 5. The fraction of sp³-hybridized carbons (Fsp3) is 0.367. The van der Waals surface area contributed by atoms with Gasteiger partial charge in [0.1, 0.15) is 23.5 Å². The maximum Gasteiger partial charge on any atom is 0.228 e. The van der Waals surface area contributed by atoms with Crippen molar-refractivity contribution in [3.8, 4) is 6.07 Å². The highest BCUT2D eigenvalue weighted by Crippen LogP contribution is 2.38. The van der Waals surface area contributed by atoms with Gasteiger partial charge in [-0.2, -0.15) is 9.57 Å². The van der Waals surface area contributed by atoms with Gasteiger partial charge in [-0.3, -0.25) is 4.79 Å². The summed E-state index contributed by atoms with van der Waals surface area (Å²) in [5.41, 5.74) is 1.55. The van der Waals surface area contributed by atoms with Crippen LogP contribution in [0.5, 0.6) is 0 Å². The van der Waals surface area contributed by atoms with Crippen LogP contribution in [0, 0.1) is 28.9 Å². The van der Waals surface area contributed by atoms with Gasteiger partial charge in [0.05, 0.1) is 17.7 Å². The lowest BCUT2D eigenvalue weighted by atomic mass is 9.87. The van der Waals surface area contributed by atoms with Crippen LogP contribution in [-0.4, -0.2) is 67.5 Å². The van der Waals surface area contributed by atoms with Crippen molar-refractivity contribution in [1.29, 1.82) is 5.26 Å². The minimum absolute atomic E-state index is 0.132. The number of halogens is 2. The molecule has 0 bridgehead atoms. The predicted octanol–water partition coefficient (Wildman–Crippen LogP) is 4.08. The number of hydrogen-bond donors (Lipinski definition) is 0. The summed E-state index contributed by atoms with van der Waals surface area (Å²) in [5, 5.41) is 9.12. The molecule has 5 rings (SSSR count). The van der Waals surface area contributed by atoms with Crippen molar-refractivity contribution in [2.24, 2.45) is 5.92 Å². The number of hydrogen-bond acceptors (Lipinski definition) is 6. The van der Waals surface area contributed by atoms with E-state index in [0.29, 0.717) is 30.8 Å². The second-order valence-corrected chi connectivity index (χ2v) is 12.5. The van der Waals surface area contributed by atoms with Gasteiger partial charge < -0.3 is 9.80 Å². The van der Waals surface area contributed by atoms with E-state index < -0.39 is 33.5 Å². The zero-order chi connectivity index (χ0) is 29.1. The zero-order valence-electron chi connectivity index (χ0n) is 22.7. The SMILES string of the molecule is CS(=O)(=O)N1CCN(C(=O)[C@@H]2CN(c3ccc(C#N)cn3)C[C@H]2c2ccc(F)cc2F)CCCC1c1ccccc1. The highest BCUT2D eigenvalue weighted by Gasteiger charge is 2.42. The normalized spacial score (nSPS) is 22.1. The number of pyridine rings is 1. The first-order chi connectivity index (χ1) is 19.7. The molecule has 1 unspecified atom stereocenters. The molecule has 8 nitrogen and oxygen atoms in total. The Labute approximate surface area is 238 Å². The van der Waals surface area contributed by atoms with E-state index >= 15 is 4.39 Å². The second kappa shape index (κ2) is 11.9. The Bertz CT molecular complexity index is 1550. The van der Waals surface area contributed by atoms with Crippen LogP contribution in [0.4, 0.5) is 14.6 Å². The molecular formula is C30H31F2N5O3S. The molecule has 214 valence electrons. The summed E-state index contributed by atoms with van der Waals surface area (Å²) in [4.78, 5) is 22.0. The van der Waals surface area contributed by atoms with Crippen LogP contribution in [-0.2, 0) is 14.8 Å². The topological polar surface area (TPSA) is 97.6 Å². The van der Waals surface area contributed by atoms with Crippen molar-refractivity contribution in [2.75, 3.05) is 43.9 Å². The lowest BCUT2D eigenvalue weighted by molar-refractivity contribution is -0.135. The molecule has 0 saturated carbocycles. The summed E-state index contributed by atoms with van der Waals surface area (Å²) in [5.74, 6) is -2.31. The number of nitriles is 1. The summed E-state index contributed by atoms with van der Waals surface area (Å²) >= 11 is 0. The van der Waals surface area contributed by atoms with Gasteiger partial charge in [-0.05, 0) is 42.2 Å². The number of carbonyl (C=O) groups is 1. The van der Waals surface area contributed by atoms with E-state index in [0.717, 1.165) is 11.6 Å². The number of aromatic nitrogens is 1. The molecule has 2 aliphatic rings. The molecule has 3 heterocycles. The van der Waals surface area contributed by atoms with E-state index in [4.69, 9.17) is 5.26 Å². The number of anilines is 1. The molecule has 2 aliphatic heterocycles. The summed E-state index contributed by atoms with van der Waals surface area (Å²) in [6.07, 6.45) is 3.76. The Hall–Kier alpha value is -3.88. The number of benzene rings is 2. The first-order valence-corrected chi connectivity index (χ1v) is 15.4. The Kier molecular flexibility index (Phi) is 8.33. The molecule has 0 spiro atoms. The standard InChI is InChI=1S/C30H31F2N5O3S/c1-41(39,40)37-15-14-35(13-5-8-28(37)22-6-3-2-4-7-22)30(38)26-20-36(29-12-9-21(17-33)18-34-29)19-25(26)24-11-10-23(31)16-27(24)32/h2-4,6-7,9-12,16,18,25-26,28H,5,8,13-15,19-20H2,1H3/t25-,26+,28?/m0/s1. The third-order valence-corrected chi connectivity index (χ3v) is 9.25. The first kappa shape index (κ1) is 28.6. The quantitative estimate of drug-likeness (QED) is 0.452. The van der Waals surface area contributed by atoms with Gasteiger partial charge in [0, 0.05) is 56.9 Å². The van der Waals surface area contributed by atoms with Crippen LogP contribution in [0.1, 0.15) is 41.5 Å². The highest BCUT2D eigenvalue weighted by molar-refractivity contribution is 7.88. The largest absolute Gasteiger partial charge is 0.355 e. The Balaban J connectivity index is 1.41. The van der Waals surface area contributed by atoms with E-state index in [1.807, 2.05) is 41.3 Å². The lowest BCUT2D eigenvalue weighted by Crippen LogP contribution is -2.47. The Morgan fingerprint density at radius 2 is 1.80 bits per heavy atom. The van der Waals surface area contributed by atoms with Gasteiger partial charge in [0.2, 0.25) is 15.9 Å². The minimum atomic E-state index is -3.57. The van der Waals surface area contributed by atoms with Crippen LogP contribution >= 0.6 is 0 Å². The Morgan fingerprint density at radius 1 is 1.02 bits per heavy atom. The summed E-state index contributed by atoms with van der Waals surface area (Å²) in [7, 11) is -3.57. The van der Waals surface area contributed by atoms with E-state index in [2.05, 4.69) is 4.98 Å². The molecule has 11 heteroatoms. The highest BCUT2D eigenvalue weighted by atomic mass is 32.2. The lowest BCUT2D eigenvalue weighted by Gasteiger charge is -2.37. The average molecular weight is 580 g/mol. The molecule has 3 aromatic rings. The smallest absolute Gasteiger partial charge is 0.228 e. The average Bonchev–Trinajstić information content (AvgIpc) is 3.38. The van der Waals surface area contributed by atoms with Gasteiger partial charge >= 0.3 is 0 Å². The molecule has 0 aliphatic carbocycles. The van der Waals surface area contributed by atoms with Crippen LogP contribution in [0.15, 0.2) is 66.9 Å². The van der Waals surface area contributed by atoms with Crippen LogP contribution in [0.2, 0.25) is 0 Å². The number of sulfonamides is 1.